The van der Waals surface area contributed by atoms with E-state index in [9.17, 15) is 0 Å². The van der Waals surface area contributed by atoms with Crippen molar-refractivity contribution in [3.63, 3.8) is 0 Å². The van der Waals surface area contributed by atoms with Crippen LogP contribution in [0.1, 0.15) is 6.42 Å². The molecule has 0 radical (unpaired) electrons. The molecule has 4 heteroatoms. The molecule has 0 bridgehead atoms. The van der Waals surface area contributed by atoms with Crippen LogP contribution in [0.5, 0.6) is 0 Å². The number of nitrogens with one attached hydrogen (secondary N) is 1. The Bertz CT molecular complexity index is 254. The van der Waals surface area contributed by atoms with Crippen LogP contribution in [0.25, 0.3) is 0 Å². The molecule has 0 amide bonds. The van der Waals surface area contributed by atoms with Crippen LogP contribution in [0, 0.1) is 0 Å². The first-order chi connectivity index (χ1) is 5.86. The van der Waals surface area contributed by atoms with Gasteiger partial charge >= 0.3 is 0 Å². The molecule has 1 aliphatic rings. The fourth-order valence-corrected chi connectivity index (χ4v) is 1.49. The van der Waals surface area contributed by atoms with E-state index in [1.54, 1.807) is 0 Å². The van der Waals surface area contributed by atoms with Crippen molar-refractivity contribution in [3.05, 3.63) is 22.8 Å². The maximum Gasteiger partial charge on any atom is 0.142 e. The van der Waals surface area contributed by atoms with Gasteiger partial charge in [-0.05, 0) is 34.5 Å². The van der Waals surface area contributed by atoms with Gasteiger partial charge in [-0.1, -0.05) is 0 Å². The van der Waals surface area contributed by atoms with Gasteiger partial charge in [0.15, 0.2) is 0 Å². The van der Waals surface area contributed by atoms with Gasteiger partial charge in [-0.25, -0.2) is 10.4 Å². The smallest absolute Gasteiger partial charge is 0.142 e. The van der Waals surface area contributed by atoms with Crippen LogP contribution in [0.3, 0.4) is 0 Å². The second kappa shape index (κ2) is 3.41. The van der Waals surface area contributed by atoms with Crippen molar-refractivity contribution in [2.24, 2.45) is 0 Å². The largest absolute Gasteiger partial charge is 0.292 e. The summed E-state index contributed by atoms with van der Waals surface area (Å²) >= 11 is 3.35. The summed E-state index contributed by atoms with van der Waals surface area (Å²) in [6, 6.07) is 4.00. The minimum absolute atomic E-state index is 0.996. The first-order valence-corrected chi connectivity index (χ1v) is 4.78. The van der Waals surface area contributed by atoms with Gasteiger partial charge in [0.25, 0.3) is 0 Å². The van der Waals surface area contributed by atoms with Crippen molar-refractivity contribution >= 4 is 21.7 Å². The lowest BCUT2D eigenvalue weighted by Crippen LogP contribution is -2.30. The van der Waals surface area contributed by atoms with E-state index in [0.717, 1.165) is 23.4 Å². The molecule has 1 aromatic rings. The SMILES string of the molecule is Brc1ccc(N2CCCN2)nc1. The number of rotatable bonds is 1. The monoisotopic (exact) mass is 227 g/mol. The molecule has 1 aliphatic heterocycles. The van der Waals surface area contributed by atoms with Gasteiger partial charge in [0.05, 0.1) is 0 Å². The Morgan fingerprint density at radius 1 is 1.50 bits per heavy atom. The lowest BCUT2D eigenvalue weighted by molar-refractivity contribution is 0.773. The number of aromatic nitrogens is 1. The first-order valence-electron chi connectivity index (χ1n) is 3.99. The highest BCUT2D eigenvalue weighted by molar-refractivity contribution is 9.10. The van der Waals surface area contributed by atoms with Gasteiger partial charge in [0.1, 0.15) is 5.82 Å². The summed E-state index contributed by atoms with van der Waals surface area (Å²) < 4.78 is 1.02. The molecule has 3 nitrogen and oxygen atoms in total. The van der Waals surface area contributed by atoms with Gasteiger partial charge in [0, 0.05) is 23.8 Å². The van der Waals surface area contributed by atoms with E-state index in [2.05, 4.69) is 31.3 Å². The Morgan fingerprint density at radius 2 is 2.42 bits per heavy atom. The Balaban J connectivity index is 2.17. The van der Waals surface area contributed by atoms with E-state index >= 15 is 0 Å². The average molecular weight is 228 g/mol. The molecule has 2 rings (SSSR count). The fraction of sp³-hybridized carbons (Fsp3) is 0.375. The molecule has 0 unspecified atom stereocenters. The Kier molecular flexibility index (Phi) is 2.28. The van der Waals surface area contributed by atoms with Crippen LogP contribution < -0.4 is 10.4 Å². The Labute approximate surface area is 79.9 Å². The molecule has 0 aliphatic carbocycles. The molecule has 0 atom stereocenters. The van der Waals surface area contributed by atoms with Crippen molar-refractivity contribution in [2.75, 3.05) is 18.1 Å². The van der Waals surface area contributed by atoms with Crippen LogP contribution in [0.2, 0.25) is 0 Å². The zero-order chi connectivity index (χ0) is 8.39. The quantitative estimate of drug-likeness (QED) is 0.790. The Morgan fingerprint density at radius 3 is 3.00 bits per heavy atom. The summed E-state index contributed by atoms with van der Waals surface area (Å²) in [5.74, 6) is 0.996. The zero-order valence-electron chi connectivity index (χ0n) is 6.63. The van der Waals surface area contributed by atoms with E-state index in [1.807, 2.05) is 18.3 Å². The minimum atomic E-state index is 0.996. The Hall–Kier alpha value is -0.610. The van der Waals surface area contributed by atoms with Gasteiger partial charge < -0.3 is 0 Å². The van der Waals surface area contributed by atoms with Crippen LogP contribution in [0.15, 0.2) is 22.8 Å². The topological polar surface area (TPSA) is 28.2 Å². The molecule has 1 aromatic heterocycles. The molecule has 1 saturated heterocycles. The molecule has 12 heavy (non-hydrogen) atoms. The maximum atomic E-state index is 4.28. The summed E-state index contributed by atoms with van der Waals surface area (Å²) in [5.41, 5.74) is 3.25. The number of hydrogen-bond donors (Lipinski definition) is 1. The predicted molar refractivity (Wildman–Crippen MR) is 51.9 cm³/mol. The van der Waals surface area contributed by atoms with Crippen molar-refractivity contribution in [2.45, 2.75) is 6.42 Å². The van der Waals surface area contributed by atoms with Gasteiger partial charge in [-0.2, -0.15) is 0 Å². The number of hydrazine groups is 1. The van der Waals surface area contributed by atoms with E-state index in [1.165, 1.54) is 6.42 Å². The summed E-state index contributed by atoms with van der Waals surface area (Å²) in [7, 11) is 0. The number of hydrogen-bond acceptors (Lipinski definition) is 3. The highest BCUT2D eigenvalue weighted by atomic mass is 79.9. The second-order valence-electron chi connectivity index (χ2n) is 2.75. The van der Waals surface area contributed by atoms with E-state index in [-0.39, 0.29) is 0 Å². The lowest BCUT2D eigenvalue weighted by Gasteiger charge is -2.15. The summed E-state index contributed by atoms with van der Waals surface area (Å²) in [5, 5.41) is 2.08. The van der Waals surface area contributed by atoms with E-state index < -0.39 is 0 Å². The third kappa shape index (κ3) is 1.59. The number of halogens is 1. The summed E-state index contributed by atoms with van der Waals surface area (Å²) in [4.78, 5) is 4.28. The van der Waals surface area contributed by atoms with Crippen molar-refractivity contribution in [3.8, 4) is 0 Å². The van der Waals surface area contributed by atoms with E-state index in [0.29, 0.717) is 0 Å². The molecular weight excluding hydrogens is 218 g/mol. The minimum Gasteiger partial charge on any atom is -0.292 e. The third-order valence-electron chi connectivity index (χ3n) is 1.85. The van der Waals surface area contributed by atoms with Crippen LogP contribution >= 0.6 is 15.9 Å². The van der Waals surface area contributed by atoms with Crippen LogP contribution in [-0.2, 0) is 0 Å². The normalized spacial score (nSPS) is 16.9. The van der Waals surface area contributed by atoms with Crippen molar-refractivity contribution in [1.29, 1.82) is 0 Å². The average Bonchev–Trinajstić information content (AvgIpc) is 2.58. The van der Waals surface area contributed by atoms with Gasteiger partial charge in [-0.15, -0.1) is 0 Å². The molecule has 0 aromatic carbocycles. The van der Waals surface area contributed by atoms with Gasteiger partial charge in [-0.3, -0.25) is 5.01 Å². The maximum absolute atomic E-state index is 4.28. The molecule has 1 N–H and O–H groups in total. The van der Waals surface area contributed by atoms with Gasteiger partial charge in [0.2, 0.25) is 0 Å². The third-order valence-corrected chi connectivity index (χ3v) is 2.32. The highest BCUT2D eigenvalue weighted by Crippen LogP contribution is 2.14. The van der Waals surface area contributed by atoms with E-state index in [4.69, 9.17) is 0 Å². The highest BCUT2D eigenvalue weighted by Gasteiger charge is 2.11. The first kappa shape index (κ1) is 8.01. The number of anilines is 1. The van der Waals surface area contributed by atoms with Crippen LogP contribution in [-0.4, -0.2) is 18.1 Å². The second-order valence-corrected chi connectivity index (χ2v) is 3.66. The molecular formula is C8H10BrN3. The molecule has 64 valence electrons. The number of nitrogens with zero attached hydrogens (tertiary/aromatic N) is 2. The number of pyridine rings is 1. The molecule has 2 heterocycles. The summed E-state index contributed by atoms with van der Waals surface area (Å²) in [6.45, 7) is 2.10. The lowest BCUT2D eigenvalue weighted by atomic mass is 10.4. The zero-order valence-corrected chi connectivity index (χ0v) is 8.21. The molecule has 0 spiro atoms. The fourth-order valence-electron chi connectivity index (χ4n) is 1.25. The van der Waals surface area contributed by atoms with Crippen LogP contribution in [0.4, 0.5) is 5.82 Å². The standard InChI is InChI=1S/C8H10BrN3/c9-7-2-3-8(10-6-7)12-5-1-4-11-12/h2-3,6,11H,1,4-5H2. The summed E-state index contributed by atoms with van der Waals surface area (Å²) in [6.07, 6.45) is 3.01. The van der Waals surface area contributed by atoms with Crippen molar-refractivity contribution in [1.82, 2.24) is 10.4 Å². The predicted octanol–water partition coefficient (Wildman–Crippen LogP) is 1.56. The molecule has 1 fully saturated rings. The van der Waals surface area contributed by atoms with Crippen molar-refractivity contribution < 1.29 is 0 Å². The molecule has 0 saturated carbocycles.